The Morgan fingerprint density at radius 2 is 1.28 bits per heavy atom. The molecule has 0 unspecified atom stereocenters. The average molecular weight is 424 g/mol. The molecule has 1 aliphatic heterocycles. The van der Waals surface area contributed by atoms with Crippen molar-refractivity contribution in [3.63, 3.8) is 0 Å². The monoisotopic (exact) mass is 423 g/mol. The van der Waals surface area contributed by atoms with E-state index in [1.807, 2.05) is 42.5 Å². The van der Waals surface area contributed by atoms with Crippen LogP contribution in [0.4, 0.5) is 11.6 Å². The van der Waals surface area contributed by atoms with E-state index in [4.69, 9.17) is 14.7 Å². The maximum atomic E-state index is 5.31. The number of rotatable bonds is 5. The summed E-state index contributed by atoms with van der Waals surface area (Å²) in [6.07, 6.45) is 3.59. The fourth-order valence-electron chi connectivity index (χ4n) is 3.96. The Balaban J connectivity index is 1.46. The van der Waals surface area contributed by atoms with E-state index in [1.54, 1.807) is 19.5 Å². The highest BCUT2D eigenvalue weighted by atomic mass is 16.5. The second kappa shape index (κ2) is 9.06. The molecular formula is C26H25N5O. The van der Waals surface area contributed by atoms with Crippen LogP contribution in [-0.4, -0.2) is 48.2 Å². The summed E-state index contributed by atoms with van der Waals surface area (Å²) in [5, 5.41) is 0. The zero-order valence-electron chi connectivity index (χ0n) is 18.1. The zero-order valence-corrected chi connectivity index (χ0v) is 18.1. The van der Waals surface area contributed by atoms with E-state index in [0.29, 0.717) is 0 Å². The lowest BCUT2D eigenvalue weighted by Crippen LogP contribution is -2.47. The van der Waals surface area contributed by atoms with Gasteiger partial charge in [0.1, 0.15) is 5.75 Å². The van der Waals surface area contributed by atoms with Gasteiger partial charge in [-0.25, -0.2) is 9.97 Å². The molecule has 4 aromatic rings. The van der Waals surface area contributed by atoms with E-state index in [2.05, 4.69) is 45.1 Å². The maximum Gasteiger partial charge on any atom is 0.226 e. The lowest BCUT2D eigenvalue weighted by atomic mass is 10.1. The number of ether oxygens (including phenoxy) is 1. The summed E-state index contributed by atoms with van der Waals surface area (Å²) in [5.41, 5.74) is 5.12. The molecule has 0 spiro atoms. The first-order chi connectivity index (χ1) is 15.8. The van der Waals surface area contributed by atoms with Crippen LogP contribution in [0, 0.1) is 0 Å². The second-order valence-electron chi connectivity index (χ2n) is 7.71. The van der Waals surface area contributed by atoms with Crippen LogP contribution in [-0.2, 0) is 0 Å². The molecule has 0 amide bonds. The molecule has 0 saturated carbocycles. The number of piperazine rings is 1. The van der Waals surface area contributed by atoms with E-state index in [9.17, 15) is 0 Å². The van der Waals surface area contributed by atoms with Gasteiger partial charge in [0, 0.05) is 55.4 Å². The fraction of sp³-hybridized carbons (Fsp3) is 0.192. The highest BCUT2D eigenvalue weighted by molar-refractivity contribution is 5.70. The third-order valence-electron chi connectivity index (χ3n) is 5.76. The van der Waals surface area contributed by atoms with E-state index in [1.165, 1.54) is 5.69 Å². The molecule has 0 radical (unpaired) electrons. The molecule has 6 nitrogen and oxygen atoms in total. The Kier molecular flexibility index (Phi) is 5.66. The van der Waals surface area contributed by atoms with Crippen LogP contribution in [0.25, 0.3) is 22.5 Å². The van der Waals surface area contributed by atoms with E-state index in [0.717, 1.165) is 60.4 Å². The Hall–Kier alpha value is -3.93. The van der Waals surface area contributed by atoms with E-state index >= 15 is 0 Å². The molecule has 2 aromatic carbocycles. The summed E-state index contributed by atoms with van der Waals surface area (Å²) in [6, 6.07) is 24.6. The molecule has 3 heterocycles. The van der Waals surface area contributed by atoms with Crippen molar-refractivity contribution >= 4 is 11.6 Å². The molecule has 0 bridgehead atoms. The largest absolute Gasteiger partial charge is 0.497 e. The normalized spacial score (nSPS) is 13.8. The SMILES string of the molecule is COc1ccc(-c2cc(-c3ccncc3)nc(N3CCN(c4ccccc4)CC3)n2)cc1. The second-order valence-corrected chi connectivity index (χ2v) is 7.71. The Labute approximate surface area is 188 Å². The molecule has 1 saturated heterocycles. The number of methoxy groups -OCH3 is 1. The fourth-order valence-corrected chi connectivity index (χ4v) is 3.96. The highest BCUT2D eigenvalue weighted by Gasteiger charge is 2.21. The Bertz CT molecular complexity index is 1160. The Morgan fingerprint density at radius 3 is 1.91 bits per heavy atom. The van der Waals surface area contributed by atoms with Crippen LogP contribution in [0.3, 0.4) is 0 Å². The number of aromatic nitrogens is 3. The van der Waals surface area contributed by atoms with E-state index < -0.39 is 0 Å². The van der Waals surface area contributed by atoms with Crippen LogP contribution < -0.4 is 14.5 Å². The zero-order chi connectivity index (χ0) is 21.8. The molecular weight excluding hydrogens is 398 g/mol. The number of pyridine rings is 1. The van der Waals surface area contributed by atoms with Crippen molar-refractivity contribution in [3.8, 4) is 28.3 Å². The third-order valence-corrected chi connectivity index (χ3v) is 5.76. The lowest BCUT2D eigenvalue weighted by Gasteiger charge is -2.36. The van der Waals surface area contributed by atoms with Crippen LogP contribution >= 0.6 is 0 Å². The van der Waals surface area contributed by atoms with Crippen molar-refractivity contribution in [2.24, 2.45) is 0 Å². The first kappa shape index (κ1) is 20.0. The summed E-state index contributed by atoms with van der Waals surface area (Å²) in [7, 11) is 1.68. The van der Waals surface area contributed by atoms with Crippen LogP contribution in [0.15, 0.2) is 85.2 Å². The van der Waals surface area contributed by atoms with Gasteiger partial charge in [-0.15, -0.1) is 0 Å². The predicted molar refractivity (Wildman–Crippen MR) is 128 cm³/mol. The molecule has 1 fully saturated rings. The first-order valence-electron chi connectivity index (χ1n) is 10.8. The quantitative estimate of drug-likeness (QED) is 0.470. The smallest absolute Gasteiger partial charge is 0.226 e. The lowest BCUT2D eigenvalue weighted by molar-refractivity contribution is 0.415. The van der Waals surface area contributed by atoms with E-state index in [-0.39, 0.29) is 0 Å². The van der Waals surface area contributed by atoms with Crippen molar-refractivity contribution in [1.82, 2.24) is 15.0 Å². The van der Waals surface area contributed by atoms with Crippen LogP contribution in [0.1, 0.15) is 0 Å². The number of hydrogen-bond acceptors (Lipinski definition) is 6. The number of para-hydroxylation sites is 1. The molecule has 0 aliphatic carbocycles. The van der Waals surface area contributed by atoms with Crippen molar-refractivity contribution in [1.29, 1.82) is 0 Å². The Morgan fingerprint density at radius 1 is 0.688 bits per heavy atom. The van der Waals surface area contributed by atoms with Gasteiger partial charge in [0.05, 0.1) is 18.5 Å². The molecule has 0 N–H and O–H groups in total. The van der Waals surface area contributed by atoms with Gasteiger partial charge in [-0.2, -0.15) is 0 Å². The minimum Gasteiger partial charge on any atom is -0.497 e. The molecule has 6 heteroatoms. The van der Waals surface area contributed by atoms with Crippen molar-refractivity contribution in [2.45, 2.75) is 0 Å². The van der Waals surface area contributed by atoms with Gasteiger partial charge >= 0.3 is 0 Å². The van der Waals surface area contributed by atoms with Gasteiger partial charge in [-0.05, 0) is 54.6 Å². The van der Waals surface area contributed by atoms with Gasteiger partial charge in [0.2, 0.25) is 5.95 Å². The molecule has 1 aliphatic rings. The maximum absolute atomic E-state index is 5.31. The molecule has 5 rings (SSSR count). The molecule has 32 heavy (non-hydrogen) atoms. The predicted octanol–water partition coefficient (Wildman–Crippen LogP) is 4.54. The van der Waals surface area contributed by atoms with Gasteiger partial charge in [-0.1, -0.05) is 18.2 Å². The van der Waals surface area contributed by atoms with Gasteiger partial charge < -0.3 is 14.5 Å². The standard InChI is InChI=1S/C26H25N5O/c1-32-23-9-7-20(8-10-23)24-19-25(21-11-13-27-14-12-21)29-26(28-24)31-17-15-30(16-18-31)22-5-3-2-4-6-22/h2-14,19H,15-18H2,1H3. The third kappa shape index (κ3) is 4.25. The van der Waals surface area contributed by atoms with Gasteiger partial charge in [0.15, 0.2) is 0 Å². The summed E-state index contributed by atoms with van der Waals surface area (Å²) in [5.74, 6) is 1.59. The van der Waals surface area contributed by atoms with Gasteiger partial charge in [-0.3, -0.25) is 4.98 Å². The summed E-state index contributed by atoms with van der Waals surface area (Å²) in [4.78, 5) is 18.7. The van der Waals surface area contributed by atoms with Crippen LogP contribution in [0.2, 0.25) is 0 Å². The summed E-state index contributed by atoms with van der Waals surface area (Å²) < 4.78 is 5.31. The van der Waals surface area contributed by atoms with Crippen molar-refractivity contribution in [2.75, 3.05) is 43.1 Å². The summed E-state index contributed by atoms with van der Waals surface area (Å²) >= 11 is 0. The average Bonchev–Trinajstić information content (AvgIpc) is 2.89. The van der Waals surface area contributed by atoms with Crippen molar-refractivity contribution in [3.05, 3.63) is 85.2 Å². The molecule has 0 atom stereocenters. The molecule has 2 aromatic heterocycles. The highest BCUT2D eigenvalue weighted by Crippen LogP contribution is 2.28. The van der Waals surface area contributed by atoms with Crippen LogP contribution in [0.5, 0.6) is 5.75 Å². The first-order valence-corrected chi connectivity index (χ1v) is 10.8. The minimum absolute atomic E-state index is 0.762. The summed E-state index contributed by atoms with van der Waals surface area (Å²) in [6.45, 7) is 3.61. The number of nitrogens with zero attached hydrogens (tertiary/aromatic N) is 5. The van der Waals surface area contributed by atoms with Crippen molar-refractivity contribution < 1.29 is 4.74 Å². The minimum atomic E-state index is 0.762. The number of anilines is 2. The number of benzene rings is 2. The number of hydrogen-bond donors (Lipinski definition) is 0. The molecule has 160 valence electrons. The van der Waals surface area contributed by atoms with Gasteiger partial charge in [0.25, 0.3) is 0 Å². The topological polar surface area (TPSA) is 54.4 Å².